The molecule has 0 fully saturated rings. The molecule has 0 bridgehead atoms. The first-order chi connectivity index (χ1) is 13.9. The highest BCUT2D eigenvalue weighted by atomic mass is 16.5. The molecule has 1 unspecified atom stereocenters. The van der Waals surface area contributed by atoms with Crippen molar-refractivity contribution in [3.05, 3.63) is 71.1 Å². The quantitative estimate of drug-likeness (QED) is 0.630. The molecule has 3 rings (SSSR count). The van der Waals surface area contributed by atoms with Crippen LogP contribution in [0.5, 0.6) is 5.75 Å². The SMILES string of the molecule is COc1ccc(C(=O)NC(CC(=O)O)c2ccccc2C)nc1-c1ccc(C)o1. The number of hydrogen-bond acceptors (Lipinski definition) is 5. The van der Waals surface area contributed by atoms with Gasteiger partial charge >= 0.3 is 5.97 Å². The van der Waals surface area contributed by atoms with Crippen LogP contribution in [0.25, 0.3) is 11.5 Å². The van der Waals surface area contributed by atoms with Crippen LogP contribution in [-0.2, 0) is 4.79 Å². The molecule has 7 nitrogen and oxygen atoms in total. The minimum atomic E-state index is -1.01. The number of carboxylic acid groups (broad SMARTS) is 1. The summed E-state index contributed by atoms with van der Waals surface area (Å²) in [6.07, 6.45) is -0.239. The Morgan fingerprint density at radius 1 is 1.14 bits per heavy atom. The summed E-state index contributed by atoms with van der Waals surface area (Å²) in [4.78, 5) is 28.6. The summed E-state index contributed by atoms with van der Waals surface area (Å²) in [6, 6.07) is 13.4. The van der Waals surface area contributed by atoms with E-state index in [1.54, 1.807) is 18.2 Å². The summed E-state index contributed by atoms with van der Waals surface area (Å²) in [5.41, 5.74) is 2.19. The van der Waals surface area contributed by atoms with Gasteiger partial charge in [-0.2, -0.15) is 0 Å². The second-order valence-electron chi connectivity index (χ2n) is 6.64. The summed E-state index contributed by atoms with van der Waals surface area (Å²) in [6.45, 7) is 3.69. The van der Waals surface area contributed by atoms with Gasteiger partial charge in [-0.15, -0.1) is 0 Å². The third-order valence-electron chi connectivity index (χ3n) is 4.53. The Hall–Kier alpha value is -3.61. The predicted octanol–water partition coefficient (Wildman–Crippen LogP) is 3.91. The Kier molecular flexibility index (Phi) is 5.97. The van der Waals surface area contributed by atoms with Gasteiger partial charge in [0.25, 0.3) is 5.91 Å². The molecule has 29 heavy (non-hydrogen) atoms. The number of ether oxygens (including phenoxy) is 1. The number of rotatable bonds is 7. The Bertz CT molecular complexity index is 1040. The van der Waals surface area contributed by atoms with Crippen molar-refractivity contribution in [2.24, 2.45) is 0 Å². The zero-order valence-electron chi connectivity index (χ0n) is 16.4. The van der Waals surface area contributed by atoms with Gasteiger partial charge in [-0.05, 0) is 49.2 Å². The van der Waals surface area contributed by atoms with E-state index in [1.807, 2.05) is 38.1 Å². The lowest BCUT2D eigenvalue weighted by molar-refractivity contribution is -0.137. The Morgan fingerprint density at radius 2 is 1.90 bits per heavy atom. The van der Waals surface area contributed by atoms with Crippen molar-refractivity contribution in [3.8, 4) is 17.2 Å². The fourth-order valence-electron chi connectivity index (χ4n) is 3.10. The molecule has 2 heterocycles. The van der Waals surface area contributed by atoms with Crippen molar-refractivity contribution in [2.75, 3.05) is 7.11 Å². The van der Waals surface area contributed by atoms with E-state index < -0.39 is 17.9 Å². The zero-order valence-corrected chi connectivity index (χ0v) is 16.4. The minimum absolute atomic E-state index is 0.138. The zero-order chi connectivity index (χ0) is 21.0. The highest BCUT2D eigenvalue weighted by Gasteiger charge is 2.22. The molecule has 0 aliphatic heterocycles. The molecule has 1 atom stereocenters. The number of aliphatic carboxylic acids is 1. The minimum Gasteiger partial charge on any atom is -0.494 e. The van der Waals surface area contributed by atoms with Crippen molar-refractivity contribution < 1.29 is 23.8 Å². The summed E-state index contributed by atoms with van der Waals surface area (Å²) in [7, 11) is 1.51. The number of aryl methyl sites for hydroxylation is 2. The average molecular weight is 394 g/mol. The molecule has 7 heteroatoms. The molecule has 3 aromatic rings. The molecular weight excluding hydrogens is 372 g/mol. The lowest BCUT2D eigenvalue weighted by atomic mass is 9.98. The number of nitrogens with zero attached hydrogens (tertiary/aromatic N) is 1. The molecule has 0 saturated heterocycles. The molecular formula is C22H22N2O5. The van der Waals surface area contributed by atoms with E-state index in [4.69, 9.17) is 9.15 Å². The number of carboxylic acids is 1. The highest BCUT2D eigenvalue weighted by molar-refractivity contribution is 5.93. The van der Waals surface area contributed by atoms with Crippen molar-refractivity contribution in [2.45, 2.75) is 26.3 Å². The number of hydrogen-bond donors (Lipinski definition) is 2. The third kappa shape index (κ3) is 4.63. The lowest BCUT2D eigenvalue weighted by Gasteiger charge is -2.19. The van der Waals surface area contributed by atoms with Gasteiger partial charge in [-0.3, -0.25) is 9.59 Å². The van der Waals surface area contributed by atoms with Gasteiger partial charge in [0.2, 0.25) is 0 Å². The lowest BCUT2D eigenvalue weighted by Crippen LogP contribution is -2.31. The van der Waals surface area contributed by atoms with Gasteiger partial charge in [-0.25, -0.2) is 4.98 Å². The van der Waals surface area contributed by atoms with Crippen LogP contribution in [0.1, 0.15) is 39.8 Å². The molecule has 0 saturated carbocycles. The Morgan fingerprint density at radius 3 is 2.52 bits per heavy atom. The van der Waals surface area contributed by atoms with Crippen LogP contribution in [0.3, 0.4) is 0 Å². The second kappa shape index (κ2) is 8.60. The van der Waals surface area contributed by atoms with Crippen LogP contribution in [0.2, 0.25) is 0 Å². The van der Waals surface area contributed by atoms with Crippen LogP contribution < -0.4 is 10.1 Å². The highest BCUT2D eigenvalue weighted by Crippen LogP contribution is 2.30. The van der Waals surface area contributed by atoms with E-state index in [0.29, 0.717) is 23.0 Å². The summed E-state index contributed by atoms with van der Waals surface area (Å²) in [5, 5.41) is 12.1. The van der Waals surface area contributed by atoms with Crippen LogP contribution >= 0.6 is 0 Å². The number of furan rings is 1. The monoisotopic (exact) mass is 394 g/mol. The smallest absolute Gasteiger partial charge is 0.305 e. The number of nitrogens with one attached hydrogen (secondary N) is 1. The van der Waals surface area contributed by atoms with Crippen LogP contribution in [0, 0.1) is 13.8 Å². The van der Waals surface area contributed by atoms with E-state index >= 15 is 0 Å². The van der Waals surface area contributed by atoms with Gasteiger partial charge < -0.3 is 19.6 Å². The molecule has 0 spiro atoms. The number of carbonyl (C=O) groups excluding carboxylic acids is 1. The van der Waals surface area contributed by atoms with Crippen molar-refractivity contribution in [1.29, 1.82) is 0 Å². The van der Waals surface area contributed by atoms with Crippen LogP contribution in [0.4, 0.5) is 0 Å². The number of benzene rings is 1. The van der Waals surface area contributed by atoms with E-state index in [2.05, 4.69) is 10.3 Å². The number of pyridine rings is 1. The topological polar surface area (TPSA) is 102 Å². The molecule has 0 aliphatic rings. The normalized spacial score (nSPS) is 11.7. The Balaban J connectivity index is 1.92. The summed E-state index contributed by atoms with van der Waals surface area (Å²) in [5.74, 6) is 0.173. The first-order valence-corrected chi connectivity index (χ1v) is 9.09. The number of carbonyl (C=O) groups is 2. The standard InChI is InChI=1S/C22H22N2O5/c1-13-6-4-5-7-15(13)17(12-20(25)26)24-22(27)16-9-11-18(28-3)21(23-16)19-10-8-14(2)29-19/h4-11,17H,12H2,1-3H3,(H,24,27)(H,25,26). The average Bonchev–Trinajstić information content (AvgIpc) is 3.13. The number of amides is 1. The van der Waals surface area contributed by atoms with E-state index in [1.165, 1.54) is 13.2 Å². The van der Waals surface area contributed by atoms with E-state index in [0.717, 1.165) is 11.1 Å². The van der Waals surface area contributed by atoms with Crippen molar-refractivity contribution >= 4 is 11.9 Å². The van der Waals surface area contributed by atoms with Crippen molar-refractivity contribution in [3.63, 3.8) is 0 Å². The van der Waals surface area contributed by atoms with E-state index in [9.17, 15) is 14.7 Å². The van der Waals surface area contributed by atoms with Gasteiger partial charge in [0, 0.05) is 0 Å². The fourth-order valence-corrected chi connectivity index (χ4v) is 3.10. The Labute approximate surface area is 168 Å². The molecule has 150 valence electrons. The van der Waals surface area contributed by atoms with Gasteiger partial charge in [0.05, 0.1) is 19.6 Å². The molecule has 2 N–H and O–H groups in total. The third-order valence-corrected chi connectivity index (χ3v) is 4.53. The number of methoxy groups -OCH3 is 1. The largest absolute Gasteiger partial charge is 0.494 e. The fraction of sp³-hybridized carbons (Fsp3) is 0.227. The van der Waals surface area contributed by atoms with E-state index in [-0.39, 0.29) is 12.1 Å². The maximum atomic E-state index is 12.9. The van der Waals surface area contributed by atoms with Crippen molar-refractivity contribution in [1.82, 2.24) is 10.3 Å². The molecule has 0 aliphatic carbocycles. The predicted molar refractivity (Wildman–Crippen MR) is 107 cm³/mol. The first-order valence-electron chi connectivity index (χ1n) is 9.09. The molecule has 2 aromatic heterocycles. The van der Waals surface area contributed by atoms with Gasteiger partial charge in [0.15, 0.2) is 5.76 Å². The summed E-state index contributed by atoms with van der Waals surface area (Å²) < 4.78 is 10.9. The first kappa shape index (κ1) is 20.1. The maximum Gasteiger partial charge on any atom is 0.305 e. The second-order valence-corrected chi connectivity index (χ2v) is 6.64. The van der Waals surface area contributed by atoms with Crippen LogP contribution in [0.15, 0.2) is 52.9 Å². The van der Waals surface area contributed by atoms with Gasteiger partial charge in [0.1, 0.15) is 22.9 Å². The van der Waals surface area contributed by atoms with Gasteiger partial charge in [-0.1, -0.05) is 24.3 Å². The summed E-state index contributed by atoms with van der Waals surface area (Å²) >= 11 is 0. The molecule has 1 amide bonds. The maximum absolute atomic E-state index is 12.9. The molecule has 1 aromatic carbocycles. The number of aromatic nitrogens is 1. The van der Waals surface area contributed by atoms with Crippen LogP contribution in [-0.4, -0.2) is 29.1 Å². The molecule has 0 radical (unpaired) electrons.